The van der Waals surface area contributed by atoms with E-state index in [9.17, 15) is 0 Å². The fourth-order valence-electron chi connectivity index (χ4n) is 4.06. The summed E-state index contributed by atoms with van der Waals surface area (Å²) in [6.45, 7) is 15.6. The van der Waals surface area contributed by atoms with Crippen molar-refractivity contribution in [2.75, 3.05) is 0 Å². The van der Waals surface area contributed by atoms with Crippen LogP contribution in [0, 0.1) is 0 Å². The molecule has 202 valence electrons. The zero-order chi connectivity index (χ0) is 29.0. The highest BCUT2D eigenvalue weighted by Gasteiger charge is 2.01. The van der Waals surface area contributed by atoms with Gasteiger partial charge in [-0.05, 0) is 56.6 Å². The number of hydrogen-bond acceptors (Lipinski definition) is 0. The van der Waals surface area contributed by atoms with Gasteiger partial charge in [0, 0.05) is 0 Å². The van der Waals surface area contributed by atoms with Gasteiger partial charge in [-0.15, -0.1) is 0 Å². The van der Waals surface area contributed by atoms with Gasteiger partial charge in [0.25, 0.3) is 0 Å². The minimum Gasteiger partial charge on any atom is -0.0990 e. The first-order valence-corrected chi connectivity index (χ1v) is 14.1. The van der Waals surface area contributed by atoms with Crippen molar-refractivity contribution in [1.29, 1.82) is 0 Å². The summed E-state index contributed by atoms with van der Waals surface area (Å²) in [5.41, 5.74) is 9.72. The lowest BCUT2D eigenvalue weighted by Crippen LogP contribution is -1.83. The molecule has 0 radical (unpaired) electrons. The molecule has 0 aliphatic rings. The lowest BCUT2D eigenvalue weighted by molar-refractivity contribution is 1.50. The van der Waals surface area contributed by atoms with Crippen molar-refractivity contribution in [2.45, 2.75) is 27.7 Å². The van der Waals surface area contributed by atoms with E-state index in [-0.39, 0.29) is 0 Å². The van der Waals surface area contributed by atoms with Gasteiger partial charge in [-0.2, -0.15) is 0 Å². The third kappa shape index (κ3) is 9.57. The molecule has 0 saturated carbocycles. The van der Waals surface area contributed by atoms with E-state index in [0.29, 0.717) is 0 Å². The molecule has 0 aliphatic heterocycles. The van der Waals surface area contributed by atoms with Crippen LogP contribution in [0.5, 0.6) is 0 Å². The number of allylic oxidation sites excluding steroid dienone is 4. The molecule has 5 aromatic rings. The summed E-state index contributed by atoms with van der Waals surface area (Å²) < 4.78 is 0. The summed E-state index contributed by atoms with van der Waals surface area (Å²) in [4.78, 5) is 0. The van der Waals surface area contributed by atoms with Gasteiger partial charge in [0.2, 0.25) is 0 Å². The van der Waals surface area contributed by atoms with E-state index in [2.05, 4.69) is 134 Å². The zero-order valence-electron chi connectivity index (χ0n) is 24.4. The van der Waals surface area contributed by atoms with Crippen LogP contribution in [0.3, 0.4) is 0 Å². The third-order valence-electron chi connectivity index (χ3n) is 5.90. The van der Waals surface area contributed by atoms with Crippen LogP contribution in [0.4, 0.5) is 0 Å². The molecule has 0 amide bonds. The second-order valence-electron chi connectivity index (χ2n) is 8.32. The van der Waals surface area contributed by atoms with Gasteiger partial charge in [0.1, 0.15) is 0 Å². The molecule has 40 heavy (non-hydrogen) atoms. The highest BCUT2D eigenvalue weighted by Crippen LogP contribution is 2.26. The minimum absolute atomic E-state index is 1.09. The quantitative estimate of drug-likeness (QED) is 0.195. The van der Waals surface area contributed by atoms with Gasteiger partial charge in [-0.1, -0.05) is 186 Å². The normalized spacial score (nSPS) is 9.85. The maximum Gasteiger partial charge on any atom is -0.0178 e. The van der Waals surface area contributed by atoms with E-state index < -0.39 is 0 Å². The van der Waals surface area contributed by atoms with Crippen molar-refractivity contribution in [2.24, 2.45) is 0 Å². The Morgan fingerprint density at radius 2 is 0.775 bits per heavy atom. The monoisotopic (exact) mass is 522 g/mol. The molecule has 0 heteroatoms. The summed E-state index contributed by atoms with van der Waals surface area (Å²) >= 11 is 0. The molecule has 0 aromatic heterocycles. The van der Waals surface area contributed by atoms with Gasteiger partial charge in [0.15, 0.2) is 0 Å². The highest BCUT2D eigenvalue weighted by molar-refractivity contribution is 5.78. The number of hydrogen-bond donors (Lipinski definition) is 0. The maximum absolute atomic E-state index is 3.84. The highest BCUT2D eigenvalue weighted by atomic mass is 14.1. The van der Waals surface area contributed by atoms with Gasteiger partial charge < -0.3 is 0 Å². The Labute approximate surface area is 242 Å². The largest absolute Gasteiger partial charge is 0.0990 e. The molecular weight excluding hydrogens is 480 g/mol. The van der Waals surface area contributed by atoms with Crippen molar-refractivity contribution in [1.82, 2.24) is 0 Å². The van der Waals surface area contributed by atoms with Crippen molar-refractivity contribution in [3.63, 3.8) is 0 Å². The second kappa shape index (κ2) is 18.6. The lowest BCUT2D eigenvalue weighted by Gasteiger charge is -2.06. The predicted octanol–water partition coefficient (Wildman–Crippen LogP) is 12.2. The van der Waals surface area contributed by atoms with E-state index in [1.165, 1.54) is 33.4 Å². The molecule has 5 aromatic carbocycles. The van der Waals surface area contributed by atoms with Crippen LogP contribution in [-0.4, -0.2) is 0 Å². The first-order chi connectivity index (χ1) is 19.8. The first kappa shape index (κ1) is 31.5. The molecule has 0 fully saturated rings. The van der Waals surface area contributed by atoms with Crippen LogP contribution in [0.1, 0.15) is 33.3 Å². The van der Waals surface area contributed by atoms with E-state index in [1.54, 1.807) is 6.08 Å². The zero-order valence-corrected chi connectivity index (χ0v) is 24.4. The summed E-state index contributed by atoms with van der Waals surface area (Å²) in [5, 5.41) is 0. The Morgan fingerprint density at radius 1 is 0.425 bits per heavy atom. The maximum atomic E-state index is 3.84. The molecule has 5 rings (SSSR count). The molecule has 0 heterocycles. The fourth-order valence-corrected chi connectivity index (χ4v) is 4.06. The molecule has 0 atom stereocenters. The Kier molecular flexibility index (Phi) is 14.6. The predicted molar refractivity (Wildman–Crippen MR) is 180 cm³/mol. The third-order valence-corrected chi connectivity index (χ3v) is 5.90. The van der Waals surface area contributed by atoms with E-state index in [4.69, 9.17) is 0 Å². The van der Waals surface area contributed by atoms with E-state index in [1.807, 2.05) is 58.0 Å². The molecule has 0 nitrogen and oxygen atoms in total. The van der Waals surface area contributed by atoms with Gasteiger partial charge in [0.05, 0.1) is 0 Å². The molecule has 0 spiro atoms. The Bertz CT molecular complexity index is 1370. The topological polar surface area (TPSA) is 0 Å². The van der Waals surface area contributed by atoms with Crippen molar-refractivity contribution >= 4 is 5.57 Å². The van der Waals surface area contributed by atoms with Crippen LogP contribution < -0.4 is 0 Å². The van der Waals surface area contributed by atoms with Crippen LogP contribution in [0.25, 0.3) is 39.0 Å². The van der Waals surface area contributed by atoms with Gasteiger partial charge in [-0.25, -0.2) is 0 Å². The average Bonchev–Trinajstić information content (AvgIpc) is 3.07. The van der Waals surface area contributed by atoms with E-state index >= 15 is 0 Å². The minimum atomic E-state index is 1.09. The molecular formula is C40H42. The number of benzene rings is 5. The van der Waals surface area contributed by atoms with Crippen LogP contribution in [0.15, 0.2) is 171 Å². The molecule has 0 unspecified atom stereocenters. The first-order valence-electron chi connectivity index (χ1n) is 14.1. The van der Waals surface area contributed by atoms with Crippen molar-refractivity contribution in [3.05, 3.63) is 176 Å². The summed E-state index contributed by atoms with van der Waals surface area (Å²) in [7, 11) is 0. The standard InChI is InChI=1S/C18H14.C18H16.2C2H6/c1-3-8-15(9-4-1)17-12-7-13-18(14-17)16-10-5-2-6-11-16;1-3-9-15(4-2)17-12-8-13-18(14-17)16-10-6-5-7-11-16;2*1-2/h1-14H;3-14H,1-2H2;2*1-2H3/b;15-9+;;. The molecule has 0 bridgehead atoms. The van der Waals surface area contributed by atoms with Crippen LogP contribution >= 0.6 is 0 Å². The Hall–Kier alpha value is -4.68. The molecule has 0 aliphatic carbocycles. The van der Waals surface area contributed by atoms with Crippen LogP contribution in [0.2, 0.25) is 0 Å². The van der Waals surface area contributed by atoms with E-state index in [0.717, 1.165) is 11.1 Å². The SMILES string of the molecule is C=C/C=C(\C=C)c1cccc(-c2ccccc2)c1.CC.CC.c1ccc(-c2cccc(-c3ccccc3)c2)cc1. The Balaban J connectivity index is 0.000000249. The Morgan fingerprint density at radius 3 is 1.15 bits per heavy atom. The summed E-state index contributed by atoms with van der Waals surface area (Å²) in [5.74, 6) is 0. The summed E-state index contributed by atoms with van der Waals surface area (Å²) in [6.07, 6.45) is 5.61. The second-order valence-corrected chi connectivity index (χ2v) is 8.32. The summed E-state index contributed by atoms with van der Waals surface area (Å²) in [6, 6.07) is 48.4. The molecule has 0 N–H and O–H groups in total. The lowest BCUT2D eigenvalue weighted by atomic mass is 9.99. The van der Waals surface area contributed by atoms with Crippen molar-refractivity contribution < 1.29 is 0 Å². The fraction of sp³-hybridized carbons (Fsp3) is 0.100. The van der Waals surface area contributed by atoms with Crippen LogP contribution in [-0.2, 0) is 0 Å². The average molecular weight is 523 g/mol. The number of rotatable bonds is 6. The molecule has 0 saturated heterocycles. The van der Waals surface area contributed by atoms with Crippen molar-refractivity contribution in [3.8, 4) is 33.4 Å². The van der Waals surface area contributed by atoms with Gasteiger partial charge >= 0.3 is 0 Å². The van der Waals surface area contributed by atoms with Gasteiger partial charge in [-0.3, -0.25) is 0 Å². The smallest absolute Gasteiger partial charge is 0.0178 e.